The molecule has 0 bridgehead atoms. The second kappa shape index (κ2) is 5.08. The highest BCUT2D eigenvalue weighted by Crippen LogP contribution is 2.25. The number of hydrogen-bond acceptors (Lipinski definition) is 3. The molecule has 0 radical (unpaired) electrons. The van der Waals surface area contributed by atoms with E-state index in [0.717, 1.165) is 16.8 Å². The molecule has 19 heavy (non-hydrogen) atoms. The molecule has 0 aliphatic rings. The smallest absolute Gasteiger partial charge is 0.145 e. The van der Waals surface area contributed by atoms with E-state index in [1.807, 2.05) is 42.5 Å². The maximum Gasteiger partial charge on any atom is 0.145 e. The molecule has 3 nitrogen and oxygen atoms in total. The zero-order valence-electron chi connectivity index (χ0n) is 10.4. The lowest BCUT2D eigenvalue weighted by molar-refractivity contribution is 0.480. The second-order valence-electron chi connectivity index (χ2n) is 4.30. The molecule has 0 amide bonds. The van der Waals surface area contributed by atoms with Crippen molar-refractivity contribution in [3.05, 3.63) is 66.5 Å². The van der Waals surface area contributed by atoms with E-state index in [2.05, 4.69) is 17.1 Å². The quantitative estimate of drug-likeness (QED) is 0.774. The van der Waals surface area contributed by atoms with Crippen LogP contribution in [0.25, 0.3) is 10.8 Å². The molecule has 2 N–H and O–H groups in total. The van der Waals surface area contributed by atoms with Crippen LogP contribution >= 0.6 is 0 Å². The second-order valence-corrected chi connectivity index (χ2v) is 4.30. The molecule has 2 aromatic carbocycles. The highest BCUT2D eigenvalue weighted by atomic mass is 16.5. The summed E-state index contributed by atoms with van der Waals surface area (Å²) in [5.41, 5.74) is 6.36. The van der Waals surface area contributed by atoms with E-state index in [1.54, 1.807) is 6.20 Å². The number of rotatable bonds is 3. The average molecular weight is 250 g/mol. The van der Waals surface area contributed by atoms with E-state index < -0.39 is 0 Å². The molecule has 0 saturated heterocycles. The van der Waals surface area contributed by atoms with E-state index >= 15 is 0 Å². The lowest BCUT2D eigenvalue weighted by Crippen LogP contribution is -1.98. The molecule has 0 fully saturated rings. The molecule has 0 saturated carbocycles. The van der Waals surface area contributed by atoms with Gasteiger partial charge in [0.25, 0.3) is 0 Å². The summed E-state index contributed by atoms with van der Waals surface area (Å²) in [6.45, 7) is 0.441. The SMILES string of the molecule is NCc1ccc(Oc2ccc3ccccc3c2)cn1. The summed E-state index contributed by atoms with van der Waals surface area (Å²) >= 11 is 0. The topological polar surface area (TPSA) is 48.1 Å². The van der Waals surface area contributed by atoms with Crippen molar-refractivity contribution in [2.24, 2.45) is 5.73 Å². The maximum absolute atomic E-state index is 5.78. The number of ether oxygens (including phenoxy) is 1. The van der Waals surface area contributed by atoms with E-state index in [-0.39, 0.29) is 0 Å². The fraction of sp³-hybridized carbons (Fsp3) is 0.0625. The minimum Gasteiger partial charge on any atom is -0.456 e. The van der Waals surface area contributed by atoms with Crippen LogP contribution in [0.2, 0.25) is 0 Å². The van der Waals surface area contributed by atoms with Crippen LogP contribution in [-0.4, -0.2) is 4.98 Å². The predicted octanol–water partition coefficient (Wildman–Crippen LogP) is 3.49. The van der Waals surface area contributed by atoms with Crippen molar-refractivity contribution >= 4 is 10.8 Å². The van der Waals surface area contributed by atoms with Crippen molar-refractivity contribution in [1.29, 1.82) is 0 Å². The highest BCUT2D eigenvalue weighted by Gasteiger charge is 2.00. The molecule has 0 atom stereocenters. The molecule has 0 aliphatic heterocycles. The van der Waals surface area contributed by atoms with Gasteiger partial charge in [-0.1, -0.05) is 30.3 Å². The number of fused-ring (bicyclic) bond motifs is 1. The Morgan fingerprint density at radius 1 is 0.895 bits per heavy atom. The molecule has 94 valence electrons. The first kappa shape index (κ1) is 11.7. The van der Waals surface area contributed by atoms with Crippen LogP contribution in [0.4, 0.5) is 0 Å². The monoisotopic (exact) mass is 250 g/mol. The van der Waals surface area contributed by atoms with E-state index in [9.17, 15) is 0 Å². The van der Waals surface area contributed by atoms with Crippen LogP contribution in [0.3, 0.4) is 0 Å². The molecule has 3 aromatic rings. The number of benzene rings is 2. The molecule has 3 heteroatoms. The molecule has 3 rings (SSSR count). The first-order valence-electron chi connectivity index (χ1n) is 6.17. The van der Waals surface area contributed by atoms with Crippen molar-refractivity contribution in [3.8, 4) is 11.5 Å². The summed E-state index contributed by atoms with van der Waals surface area (Å²) in [5.74, 6) is 1.52. The molecule has 0 aliphatic carbocycles. The van der Waals surface area contributed by atoms with Crippen LogP contribution in [0.1, 0.15) is 5.69 Å². The van der Waals surface area contributed by atoms with Crippen LogP contribution in [-0.2, 0) is 6.54 Å². The van der Waals surface area contributed by atoms with Gasteiger partial charge < -0.3 is 10.5 Å². The van der Waals surface area contributed by atoms with Gasteiger partial charge in [-0.3, -0.25) is 4.98 Å². The Kier molecular flexibility index (Phi) is 3.12. The van der Waals surface area contributed by atoms with Gasteiger partial charge in [0.1, 0.15) is 11.5 Å². The lowest BCUT2D eigenvalue weighted by atomic mass is 10.1. The van der Waals surface area contributed by atoms with E-state index in [0.29, 0.717) is 12.3 Å². The molecule has 0 unspecified atom stereocenters. The Labute approximate surface area is 111 Å². The first-order chi connectivity index (χ1) is 9.35. The third-order valence-corrected chi connectivity index (χ3v) is 2.96. The summed E-state index contributed by atoms with van der Waals surface area (Å²) in [7, 11) is 0. The van der Waals surface area contributed by atoms with Crippen LogP contribution in [0.5, 0.6) is 11.5 Å². The number of hydrogen-bond donors (Lipinski definition) is 1. The first-order valence-corrected chi connectivity index (χ1v) is 6.17. The van der Waals surface area contributed by atoms with Gasteiger partial charge in [-0.05, 0) is 35.0 Å². The minimum atomic E-state index is 0.441. The van der Waals surface area contributed by atoms with Crippen molar-refractivity contribution in [1.82, 2.24) is 4.98 Å². The van der Waals surface area contributed by atoms with Crippen molar-refractivity contribution < 1.29 is 4.74 Å². The fourth-order valence-corrected chi connectivity index (χ4v) is 1.96. The lowest BCUT2D eigenvalue weighted by Gasteiger charge is -2.07. The molecule has 0 spiro atoms. The Morgan fingerprint density at radius 3 is 2.42 bits per heavy atom. The van der Waals surface area contributed by atoms with E-state index in [4.69, 9.17) is 10.5 Å². The molecular weight excluding hydrogens is 236 g/mol. The summed E-state index contributed by atoms with van der Waals surface area (Å²) < 4.78 is 5.78. The molecule has 1 aromatic heterocycles. The highest BCUT2D eigenvalue weighted by molar-refractivity contribution is 5.83. The van der Waals surface area contributed by atoms with Crippen LogP contribution in [0, 0.1) is 0 Å². The Morgan fingerprint density at radius 2 is 1.68 bits per heavy atom. The van der Waals surface area contributed by atoms with Gasteiger partial charge in [0.2, 0.25) is 0 Å². The minimum absolute atomic E-state index is 0.441. The third-order valence-electron chi connectivity index (χ3n) is 2.96. The molecule has 1 heterocycles. The third kappa shape index (κ3) is 2.56. The zero-order chi connectivity index (χ0) is 13.1. The van der Waals surface area contributed by atoms with E-state index in [1.165, 1.54) is 5.39 Å². The van der Waals surface area contributed by atoms with Gasteiger partial charge in [0.15, 0.2) is 0 Å². The van der Waals surface area contributed by atoms with Gasteiger partial charge in [0, 0.05) is 6.54 Å². The van der Waals surface area contributed by atoms with Gasteiger partial charge in [0.05, 0.1) is 11.9 Å². The average Bonchev–Trinajstić information content (AvgIpc) is 2.48. The predicted molar refractivity (Wildman–Crippen MR) is 76.2 cm³/mol. The molecular formula is C16H14N2O. The van der Waals surface area contributed by atoms with Gasteiger partial charge in [-0.15, -0.1) is 0 Å². The Balaban J connectivity index is 1.87. The summed E-state index contributed by atoms with van der Waals surface area (Å²) in [5, 5.41) is 2.36. The van der Waals surface area contributed by atoms with Crippen LogP contribution in [0.15, 0.2) is 60.8 Å². The summed E-state index contributed by atoms with van der Waals surface area (Å²) in [4.78, 5) is 4.21. The van der Waals surface area contributed by atoms with Crippen LogP contribution < -0.4 is 10.5 Å². The standard InChI is InChI=1S/C16H14N2O/c17-10-14-6-8-16(11-18-14)19-15-7-5-12-3-1-2-4-13(12)9-15/h1-9,11H,10,17H2. The summed E-state index contributed by atoms with van der Waals surface area (Å²) in [6, 6.07) is 18.0. The number of aromatic nitrogens is 1. The fourth-order valence-electron chi connectivity index (χ4n) is 1.96. The number of nitrogens with zero attached hydrogens (tertiary/aromatic N) is 1. The summed E-state index contributed by atoms with van der Waals surface area (Å²) in [6.07, 6.45) is 1.69. The van der Waals surface area contributed by atoms with Gasteiger partial charge >= 0.3 is 0 Å². The van der Waals surface area contributed by atoms with Crippen molar-refractivity contribution in [2.75, 3.05) is 0 Å². The van der Waals surface area contributed by atoms with Gasteiger partial charge in [-0.25, -0.2) is 0 Å². The maximum atomic E-state index is 5.78. The normalized spacial score (nSPS) is 10.6. The van der Waals surface area contributed by atoms with Crippen molar-refractivity contribution in [3.63, 3.8) is 0 Å². The Hall–Kier alpha value is -2.39. The van der Waals surface area contributed by atoms with Crippen molar-refractivity contribution in [2.45, 2.75) is 6.54 Å². The largest absolute Gasteiger partial charge is 0.456 e. The zero-order valence-corrected chi connectivity index (χ0v) is 10.4. The Bertz CT molecular complexity index is 692. The van der Waals surface area contributed by atoms with Gasteiger partial charge in [-0.2, -0.15) is 0 Å². The number of nitrogens with two attached hydrogens (primary N) is 1. The number of pyridine rings is 1.